The zero-order valence-electron chi connectivity index (χ0n) is 7.62. The maximum atomic E-state index is 4.21. The predicted molar refractivity (Wildman–Crippen MR) is 51.8 cm³/mol. The molecule has 0 saturated heterocycles. The van der Waals surface area contributed by atoms with E-state index in [0.29, 0.717) is 0 Å². The molecule has 0 unspecified atom stereocenters. The van der Waals surface area contributed by atoms with Crippen molar-refractivity contribution in [1.29, 1.82) is 0 Å². The zero-order valence-corrected chi connectivity index (χ0v) is 7.62. The van der Waals surface area contributed by atoms with Gasteiger partial charge in [0, 0.05) is 12.7 Å². The number of hydrogen-bond donors (Lipinski definition) is 0. The van der Waals surface area contributed by atoms with Gasteiger partial charge >= 0.3 is 0 Å². The van der Waals surface area contributed by atoms with Crippen LogP contribution >= 0.6 is 0 Å². The van der Waals surface area contributed by atoms with Crippen molar-refractivity contribution in [2.75, 3.05) is 20.6 Å². The Bertz CT molecular complexity index is 252. The molecule has 0 amide bonds. The minimum absolute atomic E-state index is 0.858. The van der Waals surface area contributed by atoms with E-state index in [-0.39, 0.29) is 0 Å². The molecular formula is C10H14N2. The number of hydrogen-bond acceptors (Lipinski definition) is 2. The Morgan fingerprint density at radius 2 is 2.25 bits per heavy atom. The lowest BCUT2D eigenvalue weighted by atomic mass is 10.2. The van der Waals surface area contributed by atoms with Crippen molar-refractivity contribution in [2.24, 2.45) is 0 Å². The van der Waals surface area contributed by atoms with E-state index < -0.39 is 0 Å². The molecule has 1 aromatic rings. The Labute approximate surface area is 73.5 Å². The largest absolute Gasteiger partial charge is 0.305 e. The molecule has 1 aromatic heterocycles. The van der Waals surface area contributed by atoms with Crippen LogP contribution in [0.3, 0.4) is 0 Å². The van der Waals surface area contributed by atoms with Crippen molar-refractivity contribution in [3.05, 3.63) is 36.7 Å². The third-order valence-electron chi connectivity index (χ3n) is 1.53. The Morgan fingerprint density at radius 3 is 2.75 bits per heavy atom. The van der Waals surface area contributed by atoms with Crippen molar-refractivity contribution in [1.82, 2.24) is 9.88 Å². The summed E-state index contributed by atoms with van der Waals surface area (Å²) < 4.78 is 0. The molecule has 2 nitrogen and oxygen atoms in total. The molecular weight excluding hydrogens is 148 g/mol. The second kappa shape index (κ2) is 4.02. The highest BCUT2D eigenvalue weighted by Gasteiger charge is 1.99. The highest BCUT2D eigenvalue weighted by molar-refractivity contribution is 5.61. The topological polar surface area (TPSA) is 16.1 Å². The molecule has 0 spiro atoms. The average molecular weight is 162 g/mol. The molecule has 0 N–H and O–H groups in total. The van der Waals surface area contributed by atoms with Gasteiger partial charge in [0.2, 0.25) is 0 Å². The predicted octanol–water partition coefficient (Wildman–Crippen LogP) is 1.66. The smallest absolute Gasteiger partial charge is 0.0668 e. The van der Waals surface area contributed by atoms with E-state index in [1.165, 1.54) is 0 Å². The maximum absolute atomic E-state index is 4.21. The van der Waals surface area contributed by atoms with Gasteiger partial charge in [0.15, 0.2) is 0 Å². The summed E-state index contributed by atoms with van der Waals surface area (Å²) in [6.07, 6.45) is 1.79. The van der Waals surface area contributed by atoms with Gasteiger partial charge in [-0.2, -0.15) is 0 Å². The lowest BCUT2D eigenvalue weighted by Gasteiger charge is -2.10. The molecule has 0 aromatic carbocycles. The summed E-state index contributed by atoms with van der Waals surface area (Å²) in [4.78, 5) is 6.29. The second-order valence-corrected chi connectivity index (χ2v) is 3.06. The van der Waals surface area contributed by atoms with Crippen LogP contribution in [0.5, 0.6) is 0 Å². The summed E-state index contributed by atoms with van der Waals surface area (Å²) in [6, 6.07) is 5.86. The number of likely N-dealkylation sites (N-methyl/N-ethyl adjacent to an activating group) is 1. The first-order valence-electron chi connectivity index (χ1n) is 3.94. The molecule has 1 rings (SSSR count). The monoisotopic (exact) mass is 162 g/mol. The van der Waals surface area contributed by atoms with E-state index in [9.17, 15) is 0 Å². The Hall–Kier alpha value is -1.15. The first-order chi connectivity index (χ1) is 5.70. The minimum Gasteiger partial charge on any atom is -0.305 e. The van der Waals surface area contributed by atoms with E-state index in [0.717, 1.165) is 17.8 Å². The molecule has 12 heavy (non-hydrogen) atoms. The summed E-state index contributed by atoms with van der Waals surface area (Å²) >= 11 is 0. The van der Waals surface area contributed by atoms with Crippen LogP contribution in [0.2, 0.25) is 0 Å². The minimum atomic E-state index is 0.858. The Morgan fingerprint density at radius 1 is 1.50 bits per heavy atom. The highest BCUT2D eigenvalue weighted by Crippen LogP contribution is 2.08. The van der Waals surface area contributed by atoms with E-state index in [4.69, 9.17) is 0 Å². The van der Waals surface area contributed by atoms with Crippen LogP contribution in [0, 0.1) is 0 Å². The molecule has 1 heterocycles. The van der Waals surface area contributed by atoms with Gasteiger partial charge in [-0.1, -0.05) is 12.6 Å². The van der Waals surface area contributed by atoms with Gasteiger partial charge in [-0.3, -0.25) is 4.98 Å². The van der Waals surface area contributed by atoms with Crippen molar-refractivity contribution in [2.45, 2.75) is 0 Å². The van der Waals surface area contributed by atoms with Crippen LogP contribution in [0.15, 0.2) is 31.0 Å². The fraction of sp³-hybridized carbons (Fsp3) is 0.300. The molecule has 64 valence electrons. The first-order valence-corrected chi connectivity index (χ1v) is 3.94. The lowest BCUT2D eigenvalue weighted by molar-refractivity contribution is 0.463. The highest BCUT2D eigenvalue weighted by atomic mass is 15.0. The van der Waals surface area contributed by atoms with E-state index >= 15 is 0 Å². The Kier molecular flexibility index (Phi) is 3.00. The van der Waals surface area contributed by atoms with Crippen molar-refractivity contribution in [3.8, 4) is 0 Å². The zero-order chi connectivity index (χ0) is 8.97. The molecule has 2 heteroatoms. The quantitative estimate of drug-likeness (QED) is 0.672. The molecule has 0 aliphatic rings. The summed E-state index contributed by atoms with van der Waals surface area (Å²) in [5.74, 6) is 0. The SMILES string of the molecule is C=C(CN(C)C)c1ccccn1. The van der Waals surface area contributed by atoms with Gasteiger partial charge in [-0.05, 0) is 31.8 Å². The van der Waals surface area contributed by atoms with Gasteiger partial charge in [0.25, 0.3) is 0 Å². The number of rotatable bonds is 3. The summed E-state index contributed by atoms with van der Waals surface area (Å²) in [6.45, 7) is 4.82. The van der Waals surface area contributed by atoms with Gasteiger partial charge in [0.1, 0.15) is 0 Å². The maximum Gasteiger partial charge on any atom is 0.0668 e. The molecule has 0 bridgehead atoms. The van der Waals surface area contributed by atoms with Crippen molar-refractivity contribution < 1.29 is 0 Å². The van der Waals surface area contributed by atoms with Gasteiger partial charge < -0.3 is 4.90 Å². The van der Waals surface area contributed by atoms with Crippen LogP contribution in [-0.4, -0.2) is 30.5 Å². The van der Waals surface area contributed by atoms with Gasteiger partial charge in [0.05, 0.1) is 5.69 Å². The van der Waals surface area contributed by atoms with E-state index in [2.05, 4.69) is 16.5 Å². The van der Waals surface area contributed by atoms with Crippen LogP contribution in [0.25, 0.3) is 5.57 Å². The van der Waals surface area contributed by atoms with Crippen LogP contribution in [-0.2, 0) is 0 Å². The normalized spacial score (nSPS) is 10.2. The van der Waals surface area contributed by atoms with Gasteiger partial charge in [-0.25, -0.2) is 0 Å². The molecule has 0 aliphatic heterocycles. The molecule has 0 aliphatic carbocycles. The summed E-state index contributed by atoms with van der Waals surface area (Å²) in [5, 5.41) is 0. The van der Waals surface area contributed by atoms with Crippen LogP contribution in [0.4, 0.5) is 0 Å². The van der Waals surface area contributed by atoms with Crippen LogP contribution in [0.1, 0.15) is 5.69 Å². The summed E-state index contributed by atoms with van der Waals surface area (Å²) in [7, 11) is 4.04. The van der Waals surface area contributed by atoms with E-state index in [1.54, 1.807) is 6.20 Å². The standard InChI is InChI=1S/C10H14N2/c1-9(8-12(2)3)10-6-4-5-7-11-10/h4-7H,1,8H2,2-3H3. The Balaban J connectivity index is 2.66. The number of aromatic nitrogens is 1. The molecule has 0 saturated carbocycles. The molecule has 0 radical (unpaired) electrons. The third-order valence-corrected chi connectivity index (χ3v) is 1.53. The number of nitrogens with zero attached hydrogens (tertiary/aromatic N) is 2. The summed E-state index contributed by atoms with van der Waals surface area (Å²) in [5.41, 5.74) is 2.03. The molecule has 0 atom stereocenters. The first kappa shape index (κ1) is 8.94. The van der Waals surface area contributed by atoms with Crippen molar-refractivity contribution >= 4 is 5.57 Å². The molecule has 0 fully saturated rings. The fourth-order valence-electron chi connectivity index (χ4n) is 1.03. The fourth-order valence-corrected chi connectivity index (χ4v) is 1.03. The average Bonchev–Trinajstić information content (AvgIpc) is 2.05. The van der Waals surface area contributed by atoms with E-state index in [1.807, 2.05) is 32.3 Å². The lowest BCUT2D eigenvalue weighted by Crippen LogP contribution is -2.14. The number of pyridine rings is 1. The van der Waals surface area contributed by atoms with Crippen molar-refractivity contribution in [3.63, 3.8) is 0 Å². The third kappa shape index (κ3) is 2.47. The van der Waals surface area contributed by atoms with Crippen LogP contribution < -0.4 is 0 Å². The second-order valence-electron chi connectivity index (χ2n) is 3.06. The van der Waals surface area contributed by atoms with Gasteiger partial charge in [-0.15, -0.1) is 0 Å².